The summed E-state index contributed by atoms with van der Waals surface area (Å²) < 4.78 is 5.77. The molecule has 0 heterocycles. The summed E-state index contributed by atoms with van der Waals surface area (Å²) in [6, 6.07) is 12.1. The molecule has 110 valence electrons. The second-order valence-electron chi connectivity index (χ2n) is 4.55. The summed E-state index contributed by atoms with van der Waals surface area (Å²) in [5.74, 6) is -0.238. The van der Waals surface area contributed by atoms with Crippen molar-refractivity contribution in [1.29, 1.82) is 0 Å². The molecule has 3 N–H and O–H groups in total. The van der Waals surface area contributed by atoms with Crippen LogP contribution in [0.1, 0.15) is 21.5 Å². The third-order valence-corrected chi connectivity index (χ3v) is 3.42. The van der Waals surface area contributed by atoms with E-state index in [-0.39, 0.29) is 5.56 Å². The van der Waals surface area contributed by atoms with E-state index in [0.29, 0.717) is 30.3 Å². The maximum Gasteiger partial charge on any atom is 0.335 e. The molecule has 5 heteroatoms. The van der Waals surface area contributed by atoms with E-state index in [1.54, 1.807) is 30.3 Å². The molecular formula is C16H16ClNO3. The highest BCUT2D eigenvalue weighted by molar-refractivity contribution is 6.31. The third kappa shape index (κ3) is 3.97. The van der Waals surface area contributed by atoms with Crippen molar-refractivity contribution in [2.45, 2.75) is 13.0 Å². The molecule has 4 nitrogen and oxygen atoms in total. The molecule has 2 rings (SSSR count). The standard InChI is InChI=1S/C16H16ClNO3/c17-14-2-1-3-15(13(14)8-9-18)21-10-11-4-6-12(7-5-11)16(19)20/h1-7H,8-10,18H2,(H,19,20). The van der Waals surface area contributed by atoms with Crippen molar-refractivity contribution in [2.75, 3.05) is 6.54 Å². The van der Waals surface area contributed by atoms with Gasteiger partial charge in [0.05, 0.1) is 5.56 Å². The Labute approximate surface area is 128 Å². The lowest BCUT2D eigenvalue weighted by Crippen LogP contribution is -2.06. The number of hydrogen-bond acceptors (Lipinski definition) is 3. The second kappa shape index (κ2) is 7.11. The summed E-state index contributed by atoms with van der Waals surface area (Å²) in [5.41, 5.74) is 7.62. The number of ether oxygens (including phenoxy) is 1. The molecule has 0 unspecified atom stereocenters. The predicted molar refractivity (Wildman–Crippen MR) is 81.9 cm³/mol. The number of carboxylic acids is 1. The van der Waals surface area contributed by atoms with Crippen LogP contribution in [0, 0.1) is 0 Å². The molecular weight excluding hydrogens is 290 g/mol. The van der Waals surface area contributed by atoms with Gasteiger partial charge in [0.25, 0.3) is 0 Å². The smallest absolute Gasteiger partial charge is 0.335 e. The molecule has 0 saturated heterocycles. The number of benzene rings is 2. The van der Waals surface area contributed by atoms with Gasteiger partial charge in [-0.05, 0) is 42.8 Å². The predicted octanol–water partition coefficient (Wildman–Crippen LogP) is 3.12. The van der Waals surface area contributed by atoms with Crippen LogP contribution in [0.3, 0.4) is 0 Å². The molecule has 0 aliphatic rings. The molecule has 0 radical (unpaired) electrons. The highest BCUT2D eigenvalue weighted by Crippen LogP contribution is 2.27. The Hall–Kier alpha value is -2.04. The van der Waals surface area contributed by atoms with Crippen molar-refractivity contribution in [2.24, 2.45) is 5.73 Å². The fraction of sp³-hybridized carbons (Fsp3) is 0.188. The average molecular weight is 306 g/mol. The van der Waals surface area contributed by atoms with Gasteiger partial charge >= 0.3 is 5.97 Å². The number of hydrogen-bond donors (Lipinski definition) is 2. The topological polar surface area (TPSA) is 72.5 Å². The normalized spacial score (nSPS) is 10.4. The Morgan fingerprint density at radius 1 is 1.19 bits per heavy atom. The molecule has 0 atom stereocenters. The molecule has 0 fully saturated rings. The summed E-state index contributed by atoms with van der Waals surface area (Å²) >= 11 is 6.14. The number of nitrogens with two attached hydrogens (primary N) is 1. The van der Waals surface area contributed by atoms with Gasteiger partial charge in [0.1, 0.15) is 12.4 Å². The summed E-state index contributed by atoms with van der Waals surface area (Å²) in [4.78, 5) is 10.8. The van der Waals surface area contributed by atoms with Crippen LogP contribution in [0.5, 0.6) is 5.75 Å². The van der Waals surface area contributed by atoms with Gasteiger partial charge in [0.2, 0.25) is 0 Å². The van der Waals surface area contributed by atoms with Crippen LogP contribution in [-0.4, -0.2) is 17.6 Å². The van der Waals surface area contributed by atoms with Gasteiger partial charge in [-0.3, -0.25) is 0 Å². The van der Waals surface area contributed by atoms with Crippen molar-refractivity contribution >= 4 is 17.6 Å². The number of aromatic carboxylic acids is 1. The van der Waals surface area contributed by atoms with E-state index in [1.165, 1.54) is 0 Å². The summed E-state index contributed by atoms with van der Waals surface area (Å²) in [6.07, 6.45) is 0.646. The Balaban J connectivity index is 2.09. The molecule has 21 heavy (non-hydrogen) atoms. The molecule has 2 aromatic rings. The largest absolute Gasteiger partial charge is 0.489 e. The first-order valence-corrected chi connectivity index (χ1v) is 6.92. The summed E-state index contributed by atoms with van der Waals surface area (Å²) in [6.45, 7) is 0.839. The second-order valence-corrected chi connectivity index (χ2v) is 4.95. The van der Waals surface area contributed by atoms with Crippen molar-refractivity contribution in [3.8, 4) is 5.75 Å². The van der Waals surface area contributed by atoms with Gasteiger partial charge < -0.3 is 15.6 Å². The van der Waals surface area contributed by atoms with Crippen LogP contribution in [0.25, 0.3) is 0 Å². The van der Waals surface area contributed by atoms with E-state index < -0.39 is 5.97 Å². The zero-order valence-electron chi connectivity index (χ0n) is 11.4. The maximum absolute atomic E-state index is 10.8. The van der Waals surface area contributed by atoms with E-state index in [2.05, 4.69) is 0 Å². The molecule has 0 aliphatic carbocycles. The lowest BCUT2D eigenvalue weighted by molar-refractivity contribution is 0.0697. The van der Waals surface area contributed by atoms with Crippen LogP contribution in [0.15, 0.2) is 42.5 Å². The zero-order valence-corrected chi connectivity index (χ0v) is 12.1. The average Bonchev–Trinajstić information content (AvgIpc) is 2.48. The van der Waals surface area contributed by atoms with Gasteiger partial charge in [-0.15, -0.1) is 0 Å². The first-order chi connectivity index (χ1) is 10.1. The van der Waals surface area contributed by atoms with Gasteiger partial charge in [0.15, 0.2) is 0 Å². The highest BCUT2D eigenvalue weighted by Gasteiger charge is 2.08. The Morgan fingerprint density at radius 2 is 1.90 bits per heavy atom. The van der Waals surface area contributed by atoms with E-state index in [4.69, 9.17) is 27.2 Å². The number of carbonyl (C=O) groups is 1. The van der Waals surface area contributed by atoms with Crippen LogP contribution >= 0.6 is 11.6 Å². The zero-order chi connectivity index (χ0) is 15.2. The maximum atomic E-state index is 10.8. The SMILES string of the molecule is NCCc1c(Cl)cccc1OCc1ccc(C(=O)O)cc1. The van der Waals surface area contributed by atoms with Crippen molar-refractivity contribution < 1.29 is 14.6 Å². The Morgan fingerprint density at radius 3 is 2.52 bits per heavy atom. The van der Waals surface area contributed by atoms with Gasteiger partial charge in [-0.2, -0.15) is 0 Å². The molecule has 0 amide bonds. The first-order valence-electron chi connectivity index (χ1n) is 6.54. The van der Waals surface area contributed by atoms with Crippen LogP contribution in [-0.2, 0) is 13.0 Å². The number of rotatable bonds is 6. The molecule has 0 bridgehead atoms. The van der Waals surface area contributed by atoms with Crippen molar-refractivity contribution in [3.63, 3.8) is 0 Å². The van der Waals surface area contributed by atoms with Crippen molar-refractivity contribution in [3.05, 3.63) is 64.2 Å². The number of carboxylic acid groups (broad SMARTS) is 1. The van der Waals surface area contributed by atoms with E-state index >= 15 is 0 Å². The molecule has 0 spiro atoms. The minimum Gasteiger partial charge on any atom is -0.489 e. The Kier molecular flexibility index (Phi) is 5.20. The minimum atomic E-state index is -0.942. The van der Waals surface area contributed by atoms with Gasteiger partial charge in [0, 0.05) is 10.6 Å². The fourth-order valence-corrected chi connectivity index (χ4v) is 2.23. The lowest BCUT2D eigenvalue weighted by atomic mass is 10.1. The van der Waals surface area contributed by atoms with E-state index in [0.717, 1.165) is 11.1 Å². The van der Waals surface area contributed by atoms with E-state index in [9.17, 15) is 4.79 Å². The Bertz CT molecular complexity index is 626. The van der Waals surface area contributed by atoms with Crippen molar-refractivity contribution in [1.82, 2.24) is 0 Å². The van der Waals surface area contributed by atoms with Gasteiger partial charge in [-0.1, -0.05) is 29.8 Å². The summed E-state index contributed by atoms with van der Waals surface area (Å²) in [5, 5.41) is 9.49. The highest BCUT2D eigenvalue weighted by atomic mass is 35.5. The molecule has 2 aromatic carbocycles. The minimum absolute atomic E-state index is 0.255. The molecule has 0 aromatic heterocycles. The van der Waals surface area contributed by atoms with Crippen LogP contribution in [0.2, 0.25) is 5.02 Å². The lowest BCUT2D eigenvalue weighted by Gasteiger charge is -2.12. The quantitative estimate of drug-likeness (QED) is 0.860. The van der Waals surface area contributed by atoms with Crippen LogP contribution < -0.4 is 10.5 Å². The summed E-state index contributed by atoms with van der Waals surface area (Å²) in [7, 11) is 0. The van der Waals surface area contributed by atoms with Crippen LogP contribution in [0.4, 0.5) is 0 Å². The number of halogens is 1. The molecule has 0 saturated carbocycles. The first kappa shape index (κ1) is 15.4. The third-order valence-electron chi connectivity index (χ3n) is 3.07. The fourth-order valence-electron chi connectivity index (χ4n) is 1.97. The monoisotopic (exact) mass is 305 g/mol. The van der Waals surface area contributed by atoms with E-state index in [1.807, 2.05) is 12.1 Å². The van der Waals surface area contributed by atoms with Gasteiger partial charge in [-0.25, -0.2) is 4.79 Å². The molecule has 0 aliphatic heterocycles.